The van der Waals surface area contributed by atoms with Gasteiger partial charge in [-0.1, -0.05) is 39.5 Å². The van der Waals surface area contributed by atoms with Gasteiger partial charge >= 0.3 is 5.97 Å². The molecule has 0 rings (SSSR count). The molecule has 13 heavy (non-hydrogen) atoms. The Kier molecular flexibility index (Phi) is 7.76. The van der Waals surface area contributed by atoms with Crippen molar-refractivity contribution in [2.75, 3.05) is 6.61 Å². The van der Waals surface area contributed by atoms with E-state index in [9.17, 15) is 4.79 Å². The summed E-state index contributed by atoms with van der Waals surface area (Å²) in [6.07, 6.45) is 6.02. The topological polar surface area (TPSA) is 26.3 Å². The molecule has 0 heterocycles. The van der Waals surface area contributed by atoms with E-state index < -0.39 is 0 Å². The molecule has 0 aromatic rings. The molecule has 0 aliphatic carbocycles. The molecular formula is C11H22O2. The van der Waals surface area contributed by atoms with Crippen LogP contribution in [-0.2, 0) is 9.53 Å². The number of ether oxygens (including phenoxy) is 1. The summed E-state index contributed by atoms with van der Waals surface area (Å²) in [5, 5.41) is 0. The van der Waals surface area contributed by atoms with Crippen LogP contribution in [0.1, 0.15) is 52.9 Å². The van der Waals surface area contributed by atoms with Crippen molar-refractivity contribution < 1.29 is 9.53 Å². The number of esters is 1. The van der Waals surface area contributed by atoms with E-state index in [0.717, 1.165) is 12.3 Å². The maximum Gasteiger partial charge on any atom is 0.302 e. The number of unbranched alkanes of at least 4 members (excludes halogenated alkanes) is 2. The van der Waals surface area contributed by atoms with Gasteiger partial charge in [0, 0.05) is 6.92 Å². The summed E-state index contributed by atoms with van der Waals surface area (Å²) in [6, 6.07) is 0. The third-order valence-corrected chi connectivity index (χ3v) is 2.34. The van der Waals surface area contributed by atoms with E-state index in [1.165, 1.54) is 32.6 Å². The van der Waals surface area contributed by atoms with Gasteiger partial charge in [-0.3, -0.25) is 4.79 Å². The van der Waals surface area contributed by atoms with Crippen LogP contribution in [0.5, 0.6) is 0 Å². The third kappa shape index (κ3) is 9.38. The van der Waals surface area contributed by atoms with Gasteiger partial charge in [0.15, 0.2) is 0 Å². The molecule has 0 aliphatic rings. The number of carbonyl (C=O) groups excluding carboxylic acids is 1. The minimum atomic E-state index is -0.165. The quantitative estimate of drug-likeness (QED) is 0.451. The van der Waals surface area contributed by atoms with Crippen LogP contribution in [0.15, 0.2) is 0 Å². The molecule has 78 valence electrons. The van der Waals surface area contributed by atoms with E-state index in [1.54, 1.807) is 0 Å². The molecule has 0 spiro atoms. The molecule has 0 bridgehead atoms. The minimum absolute atomic E-state index is 0.165. The van der Waals surface area contributed by atoms with Gasteiger partial charge in [-0.25, -0.2) is 0 Å². The molecule has 1 atom stereocenters. The number of carbonyl (C=O) groups is 1. The van der Waals surface area contributed by atoms with Crippen LogP contribution in [0, 0.1) is 5.92 Å². The molecule has 1 unspecified atom stereocenters. The second kappa shape index (κ2) is 8.09. The van der Waals surface area contributed by atoms with Crippen LogP contribution in [0.2, 0.25) is 0 Å². The molecule has 0 saturated heterocycles. The molecule has 2 nitrogen and oxygen atoms in total. The highest BCUT2D eigenvalue weighted by Gasteiger charge is 1.98. The summed E-state index contributed by atoms with van der Waals surface area (Å²) in [4.78, 5) is 10.4. The minimum Gasteiger partial charge on any atom is -0.466 e. The summed E-state index contributed by atoms with van der Waals surface area (Å²) in [7, 11) is 0. The molecule has 0 N–H and O–H groups in total. The largest absolute Gasteiger partial charge is 0.466 e. The zero-order valence-electron chi connectivity index (χ0n) is 9.14. The van der Waals surface area contributed by atoms with Crippen LogP contribution in [0.25, 0.3) is 0 Å². The van der Waals surface area contributed by atoms with Gasteiger partial charge in [-0.15, -0.1) is 0 Å². The Balaban J connectivity index is 3.04. The first-order valence-electron chi connectivity index (χ1n) is 5.30. The monoisotopic (exact) mass is 186 g/mol. The summed E-state index contributed by atoms with van der Waals surface area (Å²) < 4.78 is 4.84. The highest BCUT2D eigenvalue weighted by atomic mass is 16.5. The Hall–Kier alpha value is -0.530. The van der Waals surface area contributed by atoms with Gasteiger partial charge in [-0.2, -0.15) is 0 Å². The molecule has 0 radical (unpaired) electrons. The molecule has 0 aromatic carbocycles. The average Bonchev–Trinajstić information content (AvgIpc) is 2.10. The van der Waals surface area contributed by atoms with Crippen molar-refractivity contribution in [1.29, 1.82) is 0 Å². The van der Waals surface area contributed by atoms with Crippen molar-refractivity contribution >= 4 is 5.97 Å². The maximum atomic E-state index is 10.4. The molecular weight excluding hydrogens is 164 g/mol. The molecule has 0 amide bonds. The fourth-order valence-electron chi connectivity index (χ4n) is 1.19. The lowest BCUT2D eigenvalue weighted by atomic mass is 10.0. The number of rotatable bonds is 7. The maximum absolute atomic E-state index is 10.4. The zero-order chi connectivity index (χ0) is 10.1. The first-order valence-corrected chi connectivity index (χ1v) is 5.30. The standard InChI is InChI=1S/C11H22O2/c1-4-10(2)8-6-5-7-9-13-11(3)12/h10H,4-9H2,1-3H3. The summed E-state index contributed by atoms with van der Waals surface area (Å²) in [6.45, 7) is 6.56. The smallest absolute Gasteiger partial charge is 0.302 e. The lowest BCUT2D eigenvalue weighted by molar-refractivity contribution is -0.141. The lowest BCUT2D eigenvalue weighted by Crippen LogP contribution is -2.00. The summed E-state index contributed by atoms with van der Waals surface area (Å²) >= 11 is 0. The van der Waals surface area contributed by atoms with Crippen LogP contribution >= 0.6 is 0 Å². The summed E-state index contributed by atoms with van der Waals surface area (Å²) in [5.74, 6) is 0.677. The van der Waals surface area contributed by atoms with E-state index in [4.69, 9.17) is 4.74 Å². The van der Waals surface area contributed by atoms with Crippen molar-refractivity contribution in [2.24, 2.45) is 5.92 Å². The Bertz CT molecular complexity index is 132. The van der Waals surface area contributed by atoms with Crippen molar-refractivity contribution in [3.8, 4) is 0 Å². The normalized spacial score (nSPS) is 12.5. The van der Waals surface area contributed by atoms with Gasteiger partial charge < -0.3 is 4.74 Å². The number of hydrogen-bond donors (Lipinski definition) is 0. The lowest BCUT2D eigenvalue weighted by Gasteiger charge is -2.07. The van der Waals surface area contributed by atoms with Crippen LogP contribution < -0.4 is 0 Å². The number of hydrogen-bond acceptors (Lipinski definition) is 2. The van der Waals surface area contributed by atoms with Crippen LogP contribution in [0.3, 0.4) is 0 Å². The molecule has 0 saturated carbocycles. The van der Waals surface area contributed by atoms with E-state index in [0.29, 0.717) is 6.61 Å². The fourth-order valence-corrected chi connectivity index (χ4v) is 1.19. The van der Waals surface area contributed by atoms with Gasteiger partial charge in [0.1, 0.15) is 0 Å². The predicted octanol–water partition coefficient (Wildman–Crippen LogP) is 3.16. The second-order valence-electron chi connectivity index (χ2n) is 3.70. The summed E-state index contributed by atoms with van der Waals surface area (Å²) in [5.41, 5.74) is 0. The van der Waals surface area contributed by atoms with Crippen molar-refractivity contribution in [2.45, 2.75) is 52.9 Å². The highest BCUT2D eigenvalue weighted by molar-refractivity contribution is 5.65. The molecule has 0 fully saturated rings. The van der Waals surface area contributed by atoms with Gasteiger partial charge in [-0.05, 0) is 12.3 Å². The first kappa shape index (κ1) is 12.5. The third-order valence-electron chi connectivity index (χ3n) is 2.34. The molecule has 2 heteroatoms. The van der Waals surface area contributed by atoms with Crippen molar-refractivity contribution in [3.63, 3.8) is 0 Å². The van der Waals surface area contributed by atoms with E-state index in [1.807, 2.05) is 0 Å². The van der Waals surface area contributed by atoms with Gasteiger partial charge in [0.25, 0.3) is 0 Å². The van der Waals surface area contributed by atoms with Crippen LogP contribution in [-0.4, -0.2) is 12.6 Å². The first-order chi connectivity index (χ1) is 6.16. The Morgan fingerprint density at radius 3 is 2.54 bits per heavy atom. The van der Waals surface area contributed by atoms with Crippen molar-refractivity contribution in [3.05, 3.63) is 0 Å². The van der Waals surface area contributed by atoms with E-state index in [2.05, 4.69) is 13.8 Å². The van der Waals surface area contributed by atoms with Gasteiger partial charge in [0.2, 0.25) is 0 Å². The molecule has 0 aliphatic heterocycles. The van der Waals surface area contributed by atoms with E-state index >= 15 is 0 Å². The highest BCUT2D eigenvalue weighted by Crippen LogP contribution is 2.11. The Morgan fingerprint density at radius 1 is 1.31 bits per heavy atom. The second-order valence-corrected chi connectivity index (χ2v) is 3.70. The van der Waals surface area contributed by atoms with Gasteiger partial charge in [0.05, 0.1) is 6.61 Å². The Morgan fingerprint density at radius 2 is 2.00 bits per heavy atom. The van der Waals surface area contributed by atoms with Crippen LogP contribution in [0.4, 0.5) is 0 Å². The zero-order valence-corrected chi connectivity index (χ0v) is 9.14. The predicted molar refractivity (Wildman–Crippen MR) is 54.6 cm³/mol. The fraction of sp³-hybridized carbons (Fsp3) is 0.909. The SMILES string of the molecule is CCC(C)CCCCCOC(C)=O. The van der Waals surface area contributed by atoms with E-state index in [-0.39, 0.29) is 5.97 Å². The molecule has 0 aromatic heterocycles. The van der Waals surface area contributed by atoms with Crippen molar-refractivity contribution in [1.82, 2.24) is 0 Å². The Labute approximate surface area is 81.7 Å². The average molecular weight is 186 g/mol.